The second-order valence-electron chi connectivity index (χ2n) is 8.53. The smallest absolute Gasteiger partial charge is 0.352 e. The van der Waals surface area contributed by atoms with Crippen LogP contribution in [0.1, 0.15) is 89.6 Å². The van der Waals surface area contributed by atoms with E-state index in [1.807, 2.05) is 41.5 Å². The SMILES string of the molecule is CCC(=O)NC(C)(C)C.CCCC(CCC)CNC(=O)c1cc(F)cc(C(F)(F)F)c1. The van der Waals surface area contributed by atoms with Gasteiger partial charge in [0.1, 0.15) is 5.82 Å². The predicted octanol–water partition coefficient (Wildman–Crippen LogP) is 6.10. The van der Waals surface area contributed by atoms with Crippen molar-refractivity contribution in [3.63, 3.8) is 0 Å². The van der Waals surface area contributed by atoms with Crippen LogP contribution < -0.4 is 10.6 Å². The number of hydrogen-bond donors (Lipinski definition) is 2. The van der Waals surface area contributed by atoms with Gasteiger partial charge in [-0.1, -0.05) is 33.6 Å². The van der Waals surface area contributed by atoms with Crippen LogP contribution >= 0.6 is 0 Å². The third-order valence-electron chi connectivity index (χ3n) is 4.27. The lowest BCUT2D eigenvalue weighted by atomic mass is 9.98. The van der Waals surface area contributed by atoms with Crippen molar-refractivity contribution in [3.8, 4) is 0 Å². The van der Waals surface area contributed by atoms with E-state index in [1.165, 1.54) is 0 Å². The van der Waals surface area contributed by atoms with Gasteiger partial charge in [0.15, 0.2) is 0 Å². The molecule has 0 heterocycles. The van der Waals surface area contributed by atoms with Gasteiger partial charge in [0.05, 0.1) is 5.56 Å². The van der Waals surface area contributed by atoms with Crippen molar-refractivity contribution in [1.82, 2.24) is 10.6 Å². The van der Waals surface area contributed by atoms with Crippen LogP contribution in [0.15, 0.2) is 18.2 Å². The van der Waals surface area contributed by atoms with Crippen LogP contribution in [0, 0.1) is 11.7 Å². The van der Waals surface area contributed by atoms with Crippen molar-refractivity contribution in [3.05, 3.63) is 35.1 Å². The van der Waals surface area contributed by atoms with Crippen LogP contribution in [-0.4, -0.2) is 23.9 Å². The van der Waals surface area contributed by atoms with E-state index in [-0.39, 0.29) is 22.9 Å². The largest absolute Gasteiger partial charge is 0.416 e. The Kier molecular flexibility index (Phi) is 12.4. The molecule has 0 saturated carbocycles. The van der Waals surface area contributed by atoms with E-state index >= 15 is 0 Å². The number of carbonyl (C=O) groups excluding carboxylic acids is 2. The van der Waals surface area contributed by atoms with Crippen LogP contribution in [0.25, 0.3) is 0 Å². The fraction of sp³-hybridized carbons (Fsp3) is 0.652. The topological polar surface area (TPSA) is 58.2 Å². The maximum atomic E-state index is 13.3. The highest BCUT2D eigenvalue weighted by Gasteiger charge is 2.32. The van der Waals surface area contributed by atoms with Gasteiger partial charge in [-0.05, 0) is 57.7 Å². The average Bonchev–Trinajstić information content (AvgIpc) is 2.64. The Morgan fingerprint density at radius 3 is 1.90 bits per heavy atom. The second-order valence-corrected chi connectivity index (χ2v) is 8.53. The van der Waals surface area contributed by atoms with E-state index in [9.17, 15) is 27.2 Å². The van der Waals surface area contributed by atoms with Crippen molar-refractivity contribution < 1.29 is 27.2 Å². The summed E-state index contributed by atoms with van der Waals surface area (Å²) >= 11 is 0. The van der Waals surface area contributed by atoms with E-state index in [0.717, 1.165) is 31.7 Å². The fourth-order valence-corrected chi connectivity index (χ4v) is 2.90. The molecule has 0 atom stereocenters. The summed E-state index contributed by atoms with van der Waals surface area (Å²) in [6.45, 7) is 12.2. The summed E-state index contributed by atoms with van der Waals surface area (Å²) < 4.78 is 51.2. The molecule has 0 radical (unpaired) electrons. The number of alkyl halides is 3. The zero-order chi connectivity index (χ0) is 24.2. The zero-order valence-corrected chi connectivity index (χ0v) is 19.4. The Balaban J connectivity index is 0.000000842. The summed E-state index contributed by atoms with van der Waals surface area (Å²) in [5.74, 6) is -1.35. The molecule has 178 valence electrons. The molecule has 0 unspecified atom stereocenters. The highest BCUT2D eigenvalue weighted by atomic mass is 19.4. The summed E-state index contributed by atoms with van der Waals surface area (Å²) in [6, 6.07) is 1.88. The number of benzene rings is 1. The third kappa shape index (κ3) is 13.0. The predicted molar refractivity (Wildman–Crippen MR) is 115 cm³/mol. The highest BCUT2D eigenvalue weighted by Crippen LogP contribution is 2.30. The second kappa shape index (κ2) is 13.3. The first-order valence-electron chi connectivity index (χ1n) is 10.7. The molecule has 0 aliphatic heterocycles. The summed E-state index contributed by atoms with van der Waals surface area (Å²) in [7, 11) is 0. The van der Waals surface area contributed by atoms with E-state index in [0.29, 0.717) is 25.1 Å². The van der Waals surface area contributed by atoms with Gasteiger partial charge in [0.25, 0.3) is 5.91 Å². The normalized spacial score (nSPS) is 11.6. The molecule has 0 fully saturated rings. The molecule has 0 saturated heterocycles. The van der Waals surface area contributed by atoms with Crippen LogP contribution in [-0.2, 0) is 11.0 Å². The maximum absolute atomic E-state index is 13.3. The molecule has 1 aromatic carbocycles. The molecule has 1 rings (SSSR count). The van der Waals surface area contributed by atoms with Gasteiger partial charge in [-0.25, -0.2) is 4.39 Å². The first-order valence-corrected chi connectivity index (χ1v) is 10.7. The van der Waals surface area contributed by atoms with Crippen molar-refractivity contribution in [2.45, 2.75) is 85.4 Å². The first kappa shape index (κ1) is 28.9. The summed E-state index contributed by atoms with van der Waals surface area (Å²) in [6.07, 6.45) is -0.297. The molecule has 2 N–H and O–H groups in total. The average molecular weight is 449 g/mol. The highest BCUT2D eigenvalue weighted by molar-refractivity contribution is 5.94. The number of nitrogens with one attached hydrogen (secondary N) is 2. The molecule has 0 aromatic heterocycles. The molecule has 0 aliphatic rings. The van der Waals surface area contributed by atoms with Crippen LogP contribution in [0.4, 0.5) is 17.6 Å². The molecule has 0 aliphatic carbocycles. The Labute approximate surface area is 183 Å². The van der Waals surface area contributed by atoms with Gasteiger partial charge in [-0.3, -0.25) is 9.59 Å². The van der Waals surface area contributed by atoms with Crippen LogP contribution in [0.2, 0.25) is 0 Å². The lowest BCUT2D eigenvalue weighted by molar-refractivity contribution is -0.137. The molecule has 31 heavy (non-hydrogen) atoms. The minimum atomic E-state index is -4.68. The fourth-order valence-electron chi connectivity index (χ4n) is 2.90. The molecule has 0 spiro atoms. The van der Waals surface area contributed by atoms with E-state index in [1.54, 1.807) is 0 Å². The van der Waals surface area contributed by atoms with E-state index < -0.39 is 23.5 Å². The minimum Gasteiger partial charge on any atom is -0.352 e. The Morgan fingerprint density at radius 1 is 0.968 bits per heavy atom. The van der Waals surface area contributed by atoms with Gasteiger partial charge in [0.2, 0.25) is 5.91 Å². The number of hydrogen-bond acceptors (Lipinski definition) is 2. The Bertz CT molecular complexity index is 692. The monoisotopic (exact) mass is 448 g/mol. The lowest BCUT2D eigenvalue weighted by Crippen LogP contribution is -2.40. The Hall–Kier alpha value is -2.12. The van der Waals surface area contributed by atoms with E-state index in [4.69, 9.17) is 0 Å². The van der Waals surface area contributed by atoms with Gasteiger partial charge in [-0.2, -0.15) is 13.2 Å². The molecule has 2 amide bonds. The van der Waals surface area contributed by atoms with Gasteiger partial charge in [-0.15, -0.1) is 0 Å². The zero-order valence-electron chi connectivity index (χ0n) is 19.4. The van der Waals surface area contributed by atoms with Crippen molar-refractivity contribution >= 4 is 11.8 Å². The number of rotatable bonds is 8. The third-order valence-corrected chi connectivity index (χ3v) is 4.27. The quantitative estimate of drug-likeness (QED) is 0.472. The molecular weight excluding hydrogens is 412 g/mol. The Morgan fingerprint density at radius 2 is 1.52 bits per heavy atom. The van der Waals surface area contributed by atoms with E-state index in [2.05, 4.69) is 10.6 Å². The summed E-state index contributed by atoms with van der Waals surface area (Å²) in [5, 5.41) is 5.43. The van der Waals surface area contributed by atoms with Gasteiger partial charge >= 0.3 is 6.18 Å². The molecular formula is C23H36F4N2O2. The summed E-state index contributed by atoms with van der Waals surface area (Å²) in [4.78, 5) is 22.7. The van der Waals surface area contributed by atoms with Crippen molar-refractivity contribution in [2.24, 2.45) is 5.92 Å². The number of halogens is 4. The van der Waals surface area contributed by atoms with Gasteiger partial charge in [0, 0.05) is 24.1 Å². The minimum absolute atomic E-state index is 0.0763. The molecule has 8 heteroatoms. The van der Waals surface area contributed by atoms with Gasteiger partial charge < -0.3 is 10.6 Å². The standard InChI is InChI=1S/C16H21F4NO.C7H15NO/c1-3-5-11(6-4-2)10-21-15(22)12-7-13(16(18,19)20)9-14(17)8-12;1-5-6(9)8-7(2,3)4/h7-9,11H,3-6,10H2,1-2H3,(H,21,22);5H2,1-4H3,(H,8,9). The first-order chi connectivity index (χ1) is 14.2. The summed E-state index contributed by atoms with van der Waals surface area (Å²) in [5.41, 5.74) is -1.54. The lowest BCUT2D eigenvalue weighted by Gasteiger charge is -2.19. The molecule has 1 aromatic rings. The van der Waals surface area contributed by atoms with Crippen molar-refractivity contribution in [2.75, 3.05) is 6.54 Å². The van der Waals surface area contributed by atoms with Crippen LogP contribution in [0.3, 0.4) is 0 Å². The molecule has 4 nitrogen and oxygen atoms in total. The van der Waals surface area contributed by atoms with Crippen molar-refractivity contribution in [1.29, 1.82) is 0 Å². The van der Waals surface area contributed by atoms with Crippen LogP contribution in [0.5, 0.6) is 0 Å². The number of carbonyl (C=O) groups is 2. The number of amides is 2. The maximum Gasteiger partial charge on any atom is 0.416 e. The molecule has 0 bridgehead atoms.